The van der Waals surface area contributed by atoms with Crippen molar-refractivity contribution in [2.24, 2.45) is 0 Å². The molecule has 0 aliphatic carbocycles. The molecule has 3 rings (SSSR count). The number of amides is 1. The molecule has 0 saturated carbocycles. The van der Waals surface area contributed by atoms with Crippen LogP contribution in [0.15, 0.2) is 53.7 Å². The number of aromatic nitrogens is 2. The number of benzene rings is 2. The lowest BCUT2D eigenvalue weighted by molar-refractivity contribution is -0.118. The highest BCUT2D eigenvalue weighted by Gasteiger charge is 2.10. The van der Waals surface area contributed by atoms with Crippen molar-refractivity contribution < 1.29 is 4.79 Å². The minimum Gasteiger partial charge on any atom is -0.370 e. The molecule has 0 unspecified atom stereocenters. The van der Waals surface area contributed by atoms with Gasteiger partial charge in [0, 0.05) is 23.5 Å². The Balaban J connectivity index is 1.63. The van der Waals surface area contributed by atoms with Crippen molar-refractivity contribution in [1.29, 1.82) is 0 Å². The summed E-state index contributed by atoms with van der Waals surface area (Å²) in [4.78, 5) is 21.2. The van der Waals surface area contributed by atoms with E-state index in [1.807, 2.05) is 55.5 Å². The summed E-state index contributed by atoms with van der Waals surface area (Å²) in [6.07, 6.45) is 0. The van der Waals surface area contributed by atoms with E-state index in [0.717, 1.165) is 28.8 Å². The number of fused-ring (bicyclic) bond motifs is 1. The first-order valence-corrected chi connectivity index (χ1v) is 9.67. The molecular formula is C19H19ClN4OS. The first kappa shape index (κ1) is 18.5. The summed E-state index contributed by atoms with van der Waals surface area (Å²) in [6, 6.07) is 15.3. The number of carbonyl (C=O) groups excluding carboxylic acids is 1. The molecule has 1 aromatic heterocycles. The molecule has 0 radical (unpaired) electrons. The maximum absolute atomic E-state index is 12.1. The highest BCUT2D eigenvalue weighted by atomic mass is 35.5. The second-order valence-corrected chi connectivity index (χ2v) is 6.91. The summed E-state index contributed by atoms with van der Waals surface area (Å²) in [6.45, 7) is 3.19. The van der Waals surface area contributed by atoms with Crippen molar-refractivity contribution in [3.63, 3.8) is 0 Å². The number of hydrogen-bond donors (Lipinski definition) is 2. The maximum atomic E-state index is 12.1. The molecule has 0 atom stereocenters. The molecule has 1 heterocycles. The number of anilines is 1. The minimum absolute atomic E-state index is 0.0864. The Morgan fingerprint density at radius 2 is 1.88 bits per heavy atom. The van der Waals surface area contributed by atoms with Crippen molar-refractivity contribution in [3.05, 3.63) is 59.1 Å². The SMILES string of the molecule is CCNc1nc(SCC(=O)NCc2ccccc2Cl)nc2ccccc12. The van der Waals surface area contributed by atoms with Crippen LogP contribution in [0.25, 0.3) is 10.9 Å². The Hall–Kier alpha value is -2.31. The maximum Gasteiger partial charge on any atom is 0.230 e. The molecule has 0 bridgehead atoms. The number of nitrogens with one attached hydrogen (secondary N) is 2. The van der Waals surface area contributed by atoms with Gasteiger partial charge in [-0.2, -0.15) is 0 Å². The van der Waals surface area contributed by atoms with E-state index in [1.165, 1.54) is 11.8 Å². The van der Waals surface area contributed by atoms with E-state index < -0.39 is 0 Å². The van der Waals surface area contributed by atoms with Crippen LogP contribution in [0.4, 0.5) is 5.82 Å². The summed E-state index contributed by atoms with van der Waals surface area (Å²) < 4.78 is 0. The molecule has 0 aliphatic heterocycles. The monoisotopic (exact) mass is 386 g/mol. The quantitative estimate of drug-likeness (QED) is 0.472. The van der Waals surface area contributed by atoms with E-state index in [0.29, 0.717) is 16.7 Å². The van der Waals surface area contributed by atoms with E-state index in [9.17, 15) is 4.79 Å². The molecule has 0 aliphatic rings. The van der Waals surface area contributed by atoms with Gasteiger partial charge in [0.25, 0.3) is 0 Å². The Bertz CT molecular complexity index is 919. The van der Waals surface area contributed by atoms with Crippen molar-refractivity contribution in [3.8, 4) is 0 Å². The van der Waals surface area contributed by atoms with Crippen LogP contribution in [0, 0.1) is 0 Å². The fourth-order valence-corrected chi connectivity index (χ4v) is 3.32. The van der Waals surface area contributed by atoms with Crippen LogP contribution in [-0.2, 0) is 11.3 Å². The number of rotatable bonds is 7. The van der Waals surface area contributed by atoms with Crippen molar-refractivity contribution in [2.45, 2.75) is 18.6 Å². The Kier molecular flexibility index (Phi) is 6.30. The minimum atomic E-state index is -0.0864. The van der Waals surface area contributed by atoms with Gasteiger partial charge in [0.1, 0.15) is 5.82 Å². The van der Waals surface area contributed by atoms with Crippen LogP contribution in [0.5, 0.6) is 0 Å². The summed E-state index contributed by atoms with van der Waals surface area (Å²) in [7, 11) is 0. The van der Waals surface area contributed by atoms with Gasteiger partial charge in [-0.05, 0) is 30.7 Å². The molecule has 0 spiro atoms. The third-order valence-corrected chi connectivity index (χ3v) is 4.91. The van der Waals surface area contributed by atoms with Crippen LogP contribution in [0.2, 0.25) is 5.02 Å². The standard InChI is InChI=1S/C19H19ClN4OS/c1-2-21-18-14-8-4-6-10-16(14)23-19(24-18)26-12-17(25)22-11-13-7-3-5-9-15(13)20/h3-10H,2,11-12H2,1H3,(H,22,25)(H,21,23,24). The van der Waals surface area contributed by atoms with Crippen LogP contribution in [-0.4, -0.2) is 28.2 Å². The van der Waals surface area contributed by atoms with Crippen molar-refractivity contribution in [2.75, 3.05) is 17.6 Å². The molecule has 0 saturated heterocycles. The Morgan fingerprint density at radius 3 is 2.69 bits per heavy atom. The van der Waals surface area contributed by atoms with Crippen LogP contribution in [0.3, 0.4) is 0 Å². The van der Waals surface area contributed by atoms with Gasteiger partial charge in [-0.3, -0.25) is 4.79 Å². The van der Waals surface area contributed by atoms with Crippen LogP contribution < -0.4 is 10.6 Å². The summed E-state index contributed by atoms with van der Waals surface area (Å²) in [5.74, 6) is 0.947. The number of nitrogens with zero attached hydrogens (tertiary/aromatic N) is 2. The van der Waals surface area contributed by atoms with Crippen molar-refractivity contribution in [1.82, 2.24) is 15.3 Å². The van der Waals surface area contributed by atoms with Gasteiger partial charge in [-0.1, -0.05) is 53.7 Å². The molecule has 0 fully saturated rings. The summed E-state index contributed by atoms with van der Waals surface area (Å²) in [5, 5.41) is 8.32. The smallest absolute Gasteiger partial charge is 0.230 e. The van der Waals surface area contributed by atoms with Gasteiger partial charge >= 0.3 is 0 Å². The van der Waals surface area contributed by atoms with E-state index in [4.69, 9.17) is 11.6 Å². The predicted octanol–water partition coefficient (Wildman–Crippen LogP) is 4.12. The van der Waals surface area contributed by atoms with Gasteiger partial charge in [-0.25, -0.2) is 9.97 Å². The van der Waals surface area contributed by atoms with Gasteiger partial charge in [0.05, 0.1) is 11.3 Å². The second-order valence-electron chi connectivity index (χ2n) is 5.56. The fourth-order valence-electron chi connectivity index (χ4n) is 2.44. The van der Waals surface area contributed by atoms with Gasteiger partial charge in [-0.15, -0.1) is 0 Å². The summed E-state index contributed by atoms with van der Waals surface area (Å²) >= 11 is 7.42. The molecule has 5 nitrogen and oxygen atoms in total. The average molecular weight is 387 g/mol. The van der Waals surface area contributed by atoms with E-state index in [-0.39, 0.29) is 11.7 Å². The van der Waals surface area contributed by atoms with E-state index in [2.05, 4.69) is 20.6 Å². The van der Waals surface area contributed by atoms with E-state index in [1.54, 1.807) is 0 Å². The van der Waals surface area contributed by atoms with Crippen LogP contribution in [0.1, 0.15) is 12.5 Å². The number of para-hydroxylation sites is 1. The number of thioether (sulfide) groups is 1. The lowest BCUT2D eigenvalue weighted by atomic mass is 10.2. The number of halogens is 1. The highest BCUT2D eigenvalue weighted by molar-refractivity contribution is 7.99. The largest absolute Gasteiger partial charge is 0.370 e. The zero-order chi connectivity index (χ0) is 18.4. The molecule has 1 amide bonds. The average Bonchev–Trinajstić information content (AvgIpc) is 2.66. The molecule has 26 heavy (non-hydrogen) atoms. The molecule has 7 heteroatoms. The highest BCUT2D eigenvalue weighted by Crippen LogP contribution is 2.24. The lowest BCUT2D eigenvalue weighted by Crippen LogP contribution is -2.24. The molecule has 2 N–H and O–H groups in total. The first-order chi connectivity index (χ1) is 12.7. The van der Waals surface area contributed by atoms with Gasteiger partial charge < -0.3 is 10.6 Å². The third-order valence-electron chi connectivity index (χ3n) is 3.69. The van der Waals surface area contributed by atoms with Crippen LogP contribution >= 0.6 is 23.4 Å². The Labute approximate surface area is 161 Å². The predicted molar refractivity (Wildman–Crippen MR) is 108 cm³/mol. The van der Waals surface area contributed by atoms with Crippen molar-refractivity contribution >= 4 is 46.0 Å². The van der Waals surface area contributed by atoms with Gasteiger partial charge in [0.15, 0.2) is 5.16 Å². The third kappa shape index (κ3) is 4.65. The van der Waals surface area contributed by atoms with Gasteiger partial charge in [0.2, 0.25) is 5.91 Å². The lowest BCUT2D eigenvalue weighted by Gasteiger charge is -2.09. The normalized spacial score (nSPS) is 10.7. The molecule has 134 valence electrons. The summed E-state index contributed by atoms with van der Waals surface area (Å²) in [5.41, 5.74) is 1.75. The molecule has 3 aromatic rings. The zero-order valence-corrected chi connectivity index (χ0v) is 15.9. The number of carbonyl (C=O) groups is 1. The van der Waals surface area contributed by atoms with E-state index >= 15 is 0 Å². The fraction of sp³-hybridized carbons (Fsp3) is 0.211. The number of hydrogen-bond acceptors (Lipinski definition) is 5. The zero-order valence-electron chi connectivity index (χ0n) is 14.3. The molecule has 2 aromatic carbocycles. The second kappa shape index (κ2) is 8.87. The Morgan fingerprint density at radius 1 is 1.12 bits per heavy atom. The molecular weight excluding hydrogens is 368 g/mol. The topological polar surface area (TPSA) is 66.9 Å². The first-order valence-electron chi connectivity index (χ1n) is 8.31.